The van der Waals surface area contributed by atoms with Crippen molar-refractivity contribution in [1.29, 1.82) is 0 Å². The molecule has 0 aromatic heterocycles. The van der Waals surface area contributed by atoms with E-state index < -0.39 is 5.97 Å². The van der Waals surface area contributed by atoms with Gasteiger partial charge in [-0.2, -0.15) is 0 Å². The Balaban J connectivity index is 1.54. The SMILES string of the molecule is CCN1C(=O)/C(=C\c2cc(I)c(OCc3ccccc3)c(I)c2)SC1=Nc1ccc(C(=O)OC)cc1. The fraction of sp³-hybridized carbons (Fsp3) is 0.148. The summed E-state index contributed by atoms with van der Waals surface area (Å²) in [5, 5.41) is 0.603. The highest BCUT2D eigenvalue weighted by molar-refractivity contribution is 14.1. The molecule has 1 aliphatic heterocycles. The molecule has 0 aliphatic carbocycles. The second kappa shape index (κ2) is 12.2. The summed E-state index contributed by atoms with van der Waals surface area (Å²) < 4.78 is 12.8. The third kappa shape index (κ3) is 6.30. The highest BCUT2D eigenvalue weighted by Crippen LogP contribution is 2.36. The number of amides is 1. The lowest BCUT2D eigenvalue weighted by molar-refractivity contribution is -0.122. The van der Waals surface area contributed by atoms with Crippen LogP contribution in [-0.2, 0) is 16.1 Å². The summed E-state index contributed by atoms with van der Waals surface area (Å²) in [5.41, 5.74) is 3.13. The zero-order chi connectivity index (χ0) is 25.7. The number of hydrogen-bond donors (Lipinski definition) is 0. The van der Waals surface area contributed by atoms with Crippen LogP contribution in [-0.4, -0.2) is 35.6 Å². The lowest BCUT2D eigenvalue weighted by atomic mass is 10.2. The van der Waals surface area contributed by atoms with Gasteiger partial charge in [0, 0.05) is 6.54 Å². The molecule has 9 heteroatoms. The van der Waals surface area contributed by atoms with E-state index in [1.54, 1.807) is 29.2 Å². The van der Waals surface area contributed by atoms with Crippen LogP contribution >= 0.6 is 56.9 Å². The molecule has 184 valence electrons. The van der Waals surface area contributed by atoms with Gasteiger partial charge >= 0.3 is 5.97 Å². The predicted molar refractivity (Wildman–Crippen MR) is 160 cm³/mol. The maximum absolute atomic E-state index is 13.1. The number of likely N-dealkylation sites (N-methyl/N-ethyl adjacent to an activating group) is 1. The van der Waals surface area contributed by atoms with Crippen LogP contribution in [0.4, 0.5) is 5.69 Å². The molecule has 1 fully saturated rings. The van der Waals surface area contributed by atoms with Crippen LogP contribution in [0.2, 0.25) is 0 Å². The van der Waals surface area contributed by atoms with Crippen molar-refractivity contribution < 1.29 is 19.1 Å². The number of nitrogens with zero attached hydrogens (tertiary/aromatic N) is 2. The number of carbonyl (C=O) groups excluding carboxylic acids is 2. The highest BCUT2D eigenvalue weighted by atomic mass is 127. The van der Waals surface area contributed by atoms with Crippen molar-refractivity contribution in [3.8, 4) is 5.75 Å². The minimum absolute atomic E-state index is 0.0816. The van der Waals surface area contributed by atoms with Crippen LogP contribution in [0.5, 0.6) is 5.75 Å². The number of esters is 1. The molecule has 1 amide bonds. The summed E-state index contributed by atoms with van der Waals surface area (Å²) in [6, 6.07) is 20.9. The number of ether oxygens (including phenoxy) is 2. The van der Waals surface area contributed by atoms with Gasteiger partial charge in [0.1, 0.15) is 12.4 Å². The lowest BCUT2D eigenvalue weighted by Crippen LogP contribution is -2.28. The summed E-state index contributed by atoms with van der Waals surface area (Å²) >= 11 is 5.88. The van der Waals surface area contributed by atoms with Crippen LogP contribution < -0.4 is 4.74 Å². The van der Waals surface area contributed by atoms with Crippen molar-refractivity contribution in [2.45, 2.75) is 13.5 Å². The van der Waals surface area contributed by atoms with Crippen molar-refractivity contribution in [2.75, 3.05) is 13.7 Å². The molecule has 0 N–H and O–H groups in total. The van der Waals surface area contributed by atoms with Gasteiger partial charge in [-0.1, -0.05) is 30.3 Å². The normalized spacial score (nSPS) is 15.6. The van der Waals surface area contributed by atoms with Crippen LogP contribution in [0, 0.1) is 7.14 Å². The van der Waals surface area contributed by atoms with E-state index in [0.29, 0.717) is 34.5 Å². The van der Waals surface area contributed by atoms with Gasteiger partial charge < -0.3 is 9.47 Å². The first kappa shape index (κ1) is 26.7. The minimum Gasteiger partial charge on any atom is -0.487 e. The van der Waals surface area contributed by atoms with Gasteiger partial charge in [0.25, 0.3) is 5.91 Å². The lowest BCUT2D eigenvalue weighted by Gasteiger charge is -2.12. The van der Waals surface area contributed by atoms with Crippen molar-refractivity contribution >= 4 is 85.8 Å². The predicted octanol–water partition coefficient (Wildman–Crippen LogP) is 6.89. The summed E-state index contributed by atoms with van der Waals surface area (Å²) in [5.74, 6) is 0.350. The van der Waals surface area contributed by atoms with Gasteiger partial charge in [-0.3, -0.25) is 9.69 Å². The Hall–Kier alpha value is -2.38. The van der Waals surface area contributed by atoms with E-state index in [1.165, 1.54) is 18.9 Å². The van der Waals surface area contributed by atoms with Gasteiger partial charge in [0.05, 0.1) is 30.4 Å². The number of methoxy groups -OCH3 is 1. The quantitative estimate of drug-likeness (QED) is 0.151. The first-order valence-electron chi connectivity index (χ1n) is 11.0. The first-order valence-corrected chi connectivity index (χ1v) is 14.0. The Kier molecular flexibility index (Phi) is 9.07. The van der Waals surface area contributed by atoms with E-state index in [9.17, 15) is 9.59 Å². The Morgan fingerprint density at radius 1 is 1.06 bits per heavy atom. The molecule has 1 aliphatic rings. The van der Waals surface area contributed by atoms with Crippen molar-refractivity contribution in [3.05, 3.63) is 95.5 Å². The van der Waals surface area contributed by atoms with E-state index in [1.807, 2.05) is 55.5 Å². The van der Waals surface area contributed by atoms with Crippen LogP contribution in [0.1, 0.15) is 28.4 Å². The molecular weight excluding hydrogens is 702 g/mol. The number of carbonyl (C=O) groups is 2. The summed E-state index contributed by atoms with van der Waals surface area (Å²) in [7, 11) is 1.34. The Bertz CT molecular complexity index is 1320. The van der Waals surface area contributed by atoms with Gasteiger partial charge in [0.15, 0.2) is 5.17 Å². The highest BCUT2D eigenvalue weighted by Gasteiger charge is 2.32. The molecule has 1 saturated heterocycles. The van der Waals surface area contributed by atoms with Gasteiger partial charge in [0.2, 0.25) is 0 Å². The number of thioether (sulfide) groups is 1. The summed E-state index contributed by atoms with van der Waals surface area (Å²) in [4.78, 5) is 31.7. The third-order valence-corrected chi connectivity index (χ3v) is 7.87. The number of aliphatic imine (C=N–C) groups is 1. The molecule has 0 atom stereocenters. The average molecular weight is 724 g/mol. The monoisotopic (exact) mass is 724 g/mol. The van der Waals surface area contributed by atoms with E-state index in [4.69, 9.17) is 9.47 Å². The standard InChI is InChI=1S/C27H22I2N2O4S/c1-3-31-25(32)23(36-27(31)30-20-11-9-19(10-12-20)26(33)34-2)15-18-13-21(28)24(22(29)14-18)35-16-17-7-5-4-6-8-17/h4-15H,3,16H2,1-2H3/b23-15+,30-27?. The number of rotatable bonds is 7. The maximum Gasteiger partial charge on any atom is 0.337 e. The molecule has 0 saturated carbocycles. The fourth-order valence-electron chi connectivity index (χ4n) is 3.45. The molecule has 0 unspecified atom stereocenters. The molecule has 4 rings (SSSR count). The van der Waals surface area contributed by atoms with E-state index in [0.717, 1.165) is 24.0 Å². The molecule has 36 heavy (non-hydrogen) atoms. The van der Waals surface area contributed by atoms with E-state index in [2.05, 4.69) is 50.2 Å². The zero-order valence-corrected chi connectivity index (χ0v) is 24.7. The van der Waals surface area contributed by atoms with E-state index in [-0.39, 0.29) is 5.91 Å². The second-order valence-corrected chi connectivity index (χ2v) is 11.0. The molecule has 3 aromatic carbocycles. The van der Waals surface area contributed by atoms with Crippen molar-refractivity contribution in [3.63, 3.8) is 0 Å². The van der Waals surface area contributed by atoms with Crippen LogP contribution in [0.3, 0.4) is 0 Å². The molecule has 6 nitrogen and oxygen atoms in total. The van der Waals surface area contributed by atoms with Crippen molar-refractivity contribution in [2.24, 2.45) is 4.99 Å². The Morgan fingerprint density at radius 2 is 1.72 bits per heavy atom. The fourth-order valence-corrected chi connectivity index (χ4v) is 6.64. The molecule has 0 radical (unpaired) electrons. The maximum atomic E-state index is 13.1. The van der Waals surface area contributed by atoms with Gasteiger partial charge in [-0.05, 0) is 117 Å². The topological polar surface area (TPSA) is 68.2 Å². The van der Waals surface area contributed by atoms with E-state index >= 15 is 0 Å². The van der Waals surface area contributed by atoms with Crippen molar-refractivity contribution in [1.82, 2.24) is 4.90 Å². The number of amidine groups is 1. The second-order valence-electron chi connectivity index (χ2n) is 7.68. The van der Waals surface area contributed by atoms with Gasteiger partial charge in [-0.15, -0.1) is 0 Å². The molecule has 3 aromatic rings. The first-order chi connectivity index (χ1) is 17.4. The molecule has 0 spiro atoms. The Labute approximate surface area is 241 Å². The minimum atomic E-state index is -0.402. The summed E-state index contributed by atoms with van der Waals surface area (Å²) in [6.45, 7) is 2.92. The molecular formula is C27H22I2N2O4S. The van der Waals surface area contributed by atoms with Crippen LogP contribution in [0.15, 0.2) is 76.6 Å². The molecule has 0 bridgehead atoms. The third-order valence-electron chi connectivity index (χ3n) is 5.26. The Morgan fingerprint density at radius 3 is 2.33 bits per heavy atom. The number of hydrogen-bond acceptors (Lipinski definition) is 6. The smallest absolute Gasteiger partial charge is 0.337 e. The number of benzene rings is 3. The number of halogens is 2. The summed E-state index contributed by atoms with van der Waals surface area (Å²) in [6.07, 6.45) is 1.89. The average Bonchev–Trinajstić information content (AvgIpc) is 3.17. The zero-order valence-electron chi connectivity index (χ0n) is 19.5. The van der Waals surface area contributed by atoms with Gasteiger partial charge in [-0.25, -0.2) is 9.79 Å². The van der Waals surface area contributed by atoms with Crippen LogP contribution in [0.25, 0.3) is 6.08 Å². The molecule has 1 heterocycles. The largest absolute Gasteiger partial charge is 0.487 e.